The molecule has 2 aromatic carbocycles. The van der Waals surface area contributed by atoms with Gasteiger partial charge in [-0.25, -0.2) is 0 Å². The fourth-order valence-electron chi connectivity index (χ4n) is 2.39. The second kappa shape index (κ2) is 8.12. The van der Waals surface area contributed by atoms with Crippen LogP contribution in [0.2, 0.25) is 0 Å². The number of carbonyl (C=O) groups is 1. The van der Waals surface area contributed by atoms with Crippen molar-refractivity contribution in [1.29, 1.82) is 0 Å². The molecular weight excluding hydrogens is 347 g/mol. The van der Waals surface area contributed by atoms with Gasteiger partial charge in [-0.15, -0.1) is 0 Å². The van der Waals surface area contributed by atoms with E-state index in [4.69, 9.17) is 9.47 Å². The first kappa shape index (κ1) is 19.6. The van der Waals surface area contributed by atoms with Gasteiger partial charge in [-0.3, -0.25) is 4.79 Å². The Morgan fingerprint density at radius 3 is 2.31 bits per heavy atom. The quantitative estimate of drug-likeness (QED) is 0.764. The van der Waals surface area contributed by atoms with E-state index < -0.39 is 24.3 Å². The summed E-state index contributed by atoms with van der Waals surface area (Å²) in [4.78, 5) is 13.7. The smallest absolute Gasteiger partial charge is 0.419 e. The second-order valence-electron chi connectivity index (χ2n) is 5.74. The van der Waals surface area contributed by atoms with E-state index >= 15 is 0 Å². The molecule has 0 N–H and O–H groups in total. The number of hydrogen-bond acceptors (Lipinski definition) is 3. The van der Waals surface area contributed by atoms with Crippen molar-refractivity contribution >= 4 is 5.91 Å². The van der Waals surface area contributed by atoms with E-state index in [1.807, 2.05) is 19.1 Å². The average Bonchev–Trinajstić information content (AvgIpc) is 2.64. The lowest BCUT2D eigenvalue weighted by Crippen LogP contribution is -2.33. The number of halogens is 3. The minimum absolute atomic E-state index is 0.269. The molecule has 0 aliphatic heterocycles. The van der Waals surface area contributed by atoms with E-state index in [-0.39, 0.29) is 11.8 Å². The van der Waals surface area contributed by atoms with Gasteiger partial charge in [0.15, 0.2) is 6.61 Å². The molecule has 0 aliphatic rings. The van der Waals surface area contributed by atoms with Gasteiger partial charge < -0.3 is 14.4 Å². The second-order valence-corrected chi connectivity index (χ2v) is 5.74. The maximum absolute atomic E-state index is 13.0. The van der Waals surface area contributed by atoms with Crippen molar-refractivity contribution < 1.29 is 27.4 Å². The summed E-state index contributed by atoms with van der Waals surface area (Å²) in [6.45, 7) is 1.34. The van der Waals surface area contributed by atoms with Crippen LogP contribution in [0.4, 0.5) is 13.2 Å². The summed E-state index contributed by atoms with van der Waals surface area (Å²) in [6, 6.07) is 11.8. The Hall–Kier alpha value is -2.70. The maximum Gasteiger partial charge on any atom is 0.419 e. The average molecular weight is 367 g/mol. The van der Waals surface area contributed by atoms with E-state index in [0.29, 0.717) is 5.75 Å². The molecule has 26 heavy (non-hydrogen) atoms. The number of para-hydroxylation sites is 1. The first-order valence-corrected chi connectivity index (χ1v) is 7.92. The lowest BCUT2D eigenvalue weighted by molar-refractivity contribution is -0.141. The number of alkyl halides is 3. The minimum Gasteiger partial charge on any atom is -0.497 e. The Labute approximate surface area is 150 Å². The van der Waals surface area contributed by atoms with Gasteiger partial charge in [0.2, 0.25) is 0 Å². The monoisotopic (exact) mass is 367 g/mol. The molecule has 2 rings (SSSR count). The van der Waals surface area contributed by atoms with E-state index in [9.17, 15) is 18.0 Å². The van der Waals surface area contributed by atoms with Crippen LogP contribution in [0, 0.1) is 0 Å². The van der Waals surface area contributed by atoms with Crippen molar-refractivity contribution in [2.75, 3.05) is 20.8 Å². The molecule has 0 heterocycles. The minimum atomic E-state index is -4.54. The molecule has 0 fully saturated rings. The zero-order valence-electron chi connectivity index (χ0n) is 14.7. The van der Waals surface area contributed by atoms with Gasteiger partial charge in [0.25, 0.3) is 5.91 Å². The number of carbonyl (C=O) groups excluding carboxylic acids is 1. The fourth-order valence-corrected chi connectivity index (χ4v) is 2.39. The highest BCUT2D eigenvalue weighted by Crippen LogP contribution is 2.35. The van der Waals surface area contributed by atoms with Gasteiger partial charge in [-0.1, -0.05) is 24.3 Å². The first-order valence-electron chi connectivity index (χ1n) is 7.92. The van der Waals surface area contributed by atoms with E-state index in [2.05, 4.69) is 0 Å². The van der Waals surface area contributed by atoms with Crippen LogP contribution in [0.3, 0.4) is 0 Å². The molecule has 1 unspecified atom stereocenters. The summed E-state index contributed by atoms with van der Waals surface area (Å²) < 4.78 is 49.1. The van der Waals surface area contributed by atoms with Crippen LogP contribution in [0.15, 0.2) is 48.5 Å². The summed E-state index contributed by atoms with van der Waals surface area (Å²) >= 11 is 0. The lowest BCUT2D eigenvalue weighted by Gasteiger charge is -2.25. The highest BCUT2D eigenvalue weighted by Gasteiger charge is 2.34. The highest BCUT2D eigenvalue weighted by molar-refractivity contribution is 5.78. The highest BCUT2D eigenvalue weighted by atomic mass is 19.4. The van der Waals surface area contributed by atoms with Crippen LogP contribution in [0.5, 0.6) is 11.5 Å². The van der Waals surface area contributed by atoms with Crippen LogP contribution in [-0.4, -0.2) is 31.6 Å². The number of amides is 1. The lowest BCUT2D eigenvalue weighted by atomic mass is 10.1. The van der Waals surface area contributed by atoms with Crippen LogP contribution < -0.4 is 9.47 Å². The topological polar surface area (TPSA) is 38.8 Å². The van der Waals surface area contributed by atoms with Crippen molar-refractivity contribution in [1.82, 2.24) is 4.90 Å². The number of rotatable bonds is 6. The molecule has 2 aromatic rings. The van der Waals surface area contributed by atoms with Gasteiger partial charge in [-0.2, -0.15) is 13.2 Å². The molecule has 0 aliphatic carbocycles. The number of benzene rings is 2. The Morgan fingerprint density at radius 2 is 1.73 bits per heavy atom. The normalized spacial score (nSPS) is 12.4. The SMILES string of the molecule is COc1ccc(C(C)N(C)C(=O)COc2ccccc2C(F)(F)F)cc1. The molecule has 7 heteroatoms. The zero-order valence-corrected chi connectivity index (χ0v) is 14.7. The third-order valence-corrected chi connectivity index (χ3v) is 4.12. The Kier molecular flexibility index (Phi) is 6.13. The van der Waals surface area contributed by atoms with Crippen LogP contribution in [-0.2, 0) is 11.0 Å². The molecule has 0 bridgehead atoms. The summed E-state index contributed by atoms with van der Waals surface area (Å²) in [7, 11) is 3.14. The van der Waals surface area contributed by atoms with Gasteiger partial charge in [0.1, 0.15) is 11.5 Å². The van der Waals surface area contributed by atoms with Crippen molar-refractivity contribution in [3.05, 3.63) is 59.7 Å². The van der Waals surface area contributed by atoms with E-state index in [0.717, 1.165) is 11.6 Å². The summed E-state index contributed by atoms with van der Waals surface area (Å²) in [5.74, 6) is -0.0915. The molecule has 1 atom stereocenters. The van der Waals surface area contributed by atoms with Crippen LogP contribution in [0.25, 0.3) is 0 Å². The number of likely N-dealkylation sites (N-methyl/N-ethyl adjacent to an activating group) is 1. The number of methoxy groups -OCH3 is 1. The largest absolute Gasteiger partial charge is 0.497 e. The molecule has 140 valence electrons. The molecule has 4 nitrogen and oxygen atoms in total. The predicted molar refractivity (Wildman–Crippen MR) is 91.1 cm³/mol. The zero-order chi connectivity index (χ0) is 19.3. The summed E-state index contributed by atoms with van der Waals surface area (Å²) in [6.07, 6.45) is -4.54. The summed E-state index contributed by atoms with van der Waals surface area (Å²) in [5.41, 5.74) is -0.0315. The number of ether oxygens (including phenoxy) is 2. The Balaban J connectivity index is 2.03. The fraction of sp³-hybridized carbons (Fsp3) is 0.316. The summed E-state index contributed by atoms with van der Waals surface area (Å²) in [5, 5.41) is 0. The Bertz CT molecular complexity index is 744. The third kappa shape index (κ3) is 4.68. The predicted octanol–water partition coefficient (Wildman–Crippen LogP) is 4.31. The van der Waals surface area contributed by atoms with Crippen molar-refractivity contribution in [3.8, 4) is 11.5 Å². The van der Waals surface area contributed by atoms with Gasteiger partial charge in [-0.05, 0) is 36.8 Å². The van der Waals surface area contributed by atoms with Gasteiger partial charge in [0, 0.05) is 7.05 Å². The van der Waals surface area contributed by atoms with Gasteiger partial charge >= 0.3 is 6.18 Å². The Morgan fingerprint density at radius 1 is 1.12 bits per heavy atom. The van der Waals surface area contributed by atoms with Crippen molar-refractivity contribution in [2.24, 2.45) is 0 Å². The molecule has 0 spiro atoms. The molecule has 0 radical (unpaired) electrons. The van der Waals surface area contributed by atoms with Crippen LogP contribution >= 0.6 is 0 Å². The molecule has 0 saturated heterocycles. The van der Waals surface area contributed by atoms with E-state index in [1.165, 1.54) is 23.1 Å². The van der Waals surface area contributed by atoms with E-state index in [1.54, 1.807) is 26.3 Å². The molecule has 0 saturated carbocycles. The van der Waals surface area contributed by atoms with Crippen molar-refractivity contribution in [2.45, 2.75) is 19.1 Å². The van der Waals surface area contributed by atoms with Gasteiger partial charge in [0.05, 0.1) is 18.7 Å². The van der Waals surface area contributed by atoms with Crippen LogP contribution in [0.1, 0.15) is 24.1 Å². The number of nitrogens with zero attached hydrogens (tertiary/aromatic N) is 1. The maximum atomic E-state index is 13.0. The van der Waals surface area contributed by atoms with Crippen molar-refractivity contribution in [3.63, 3.8) is 0 Å². The third-order valence-electron chi connectivity index (χ3n) is 4.12. The molecular formula is C19H20F3NO3. The molecule has 0 aromatic heterocycles. The first-order chi connectivity index (χ1) is 12.2. The molecule has 1 amide bonds. The number of hydrogen-bond donors (Lipinski definition) is 0. The standard InChI is InChI=1S/C19H20F3NO3/c1-13(14-8-10-15(25-3)11-9-14)23(2)18(24)12-26-17-7-5-4-6-16(17)19(20,21)22/h4-11,13H,12H2,1-3H3.